The number of nitrogens with one attached hydrogen (secondary N) is 2. The number of fused-ring (bicyclic) bond motifs is 3. The van der Waals surface area contributed by atoms with Crippen LogP contribution >= 0.6 is 11.6 Å². The molecule has 1 fully saturated rings. The Hall–Kier alpha value is -3.14. The average molecular weight is 505 g/mol. The second-order valence-corrected chi connectivity index (χ2v) is 9.63. The van der Waals surface area contributed by atoms with Crippen molar-refractivity contribution in [2.75, 3.05) is 35.7 Å². The minimum absolute atomic E-state index is 0.0940. The van der Waals surface area contributed by atoms with Gasteiger partial charge in [-0.2, -0.15) is 4.98 Å². The van der Waals surface area contributed by atoms with Gasteiger partial charge in [0.25, 0.3) is 5.56 Å². The van der Waals surface area contributed by atoms with E-state index in [4.69, 9.17) is 16.3 Å². The molecule has 0 radical (unpaired) electrons. The Morgan fingerprint density at radius 1 is 1.37 bits per heavy atom. The van der Waals surface area contributed by atoms with Gasteiger partial charge in [-0.05, 0) is 43.4 Å². The molecule has 1 aromatic carbocycles. The number of halogens is 3. The highest BCUT2D eigenvalue weighted by Crippen LogP contribution is 2.45. The number of ether oxygens (including phenoxy) is 1. The van der Waals surface area contributed by atoms with Crippen LogP contribution in [0, 0.1) is 5.92 Å². The highest BCUT2D eigenvalue weighted by Gasteiger charge is 2.51. The lowest BCUT2D eigenvalue weighted by atomic mass is 10.0. The molecule has 1 aliphatic carbocycles. The second-order valence-electron chi connectivity index (χ2n) is 9.22. The molecule has 11 heteroatoms. The predicted molar refractivity (Wildman–Crippen MR) is 134 cm³/mol. The van der Waals surface area contributed by atoms with Crippen LogP contribution in [-0.2, 0) is 7.05 Å². The first-order valence-electron chi connectivity index (χ1n) is 11.6. The van der Waals surface area contributed by atoms with Gasteiger partial charge in [0.1, 0.15) is 5.02 Å². The average Bonchev–Trinajstić information content (AvgIpc) is 3.66. The molecule has 0 bridgehead atoms. The summed E-state index contributed by atoms with van der Waals surface area (Å²) in [5.41, 5.74) is 1.05. The number of alkyl halides is 2. The molecule has 2 N–H and O–H groups in total. The van der Waals surface area contributed by atoms with Crippen molar-refractivity contribution in [1.82, 2.24) is 14.5 Å². The Morgan fingerprint density at radius 3 is 2.86 bits per heavy atom. The fourth-order valence-electron chi connectivity index (χ4n) is 4.49. The number of nitrogens with zero attached hydrogens (tertiary/aromatic N) is 4. The molecule has 2 aromatic heterocycles. The maximum absolute atomic E-state index is 14.8. The smallest absolute Gasteiger partial charge is 0.301 e. The van der Waals surface area contributed by atoms with E-state index in [1.807, 2.05) is 11.9 Å². The van der Waals surface area contributed by atoms with Crippen LogP contribution < -0.4 is 25.8 Å². The van der Waals surface area contributed by atoms with Crippen LogP contribution in [0.5, 0.6) is 5.75 Å². The summed E-state index contributed by atoms with van der Waals surface area (Å²) in [5.74, 6) is -2.40. The predicted octanol–water partition coefficient (Wildman–Crippen LogP) is 4.79. The number of hydrogen-bond acceptors (Lipinski definition) is 7. The van der Waals surface area contributed by atoms with Crippen LogP contribution in [0.25, 0.3) is 10.9 Å². The van der Waals surface area contributed by atoms with Crippen molar-refractivity contribution in [3.63, 3.8) is 0 Å². The van der Waals surface area contributed by atoms with Crippen molar-refractivity contribution in [1.29, 1.82) is 0 Å². The number of rotatable bonds is 6. The lowest BCUT2D eigenvalue weighted by Gasteiger charge is -2.25. The number of hydrogen-bond donors (Lipinski definition) is 2. The molecule has 186 valence electrons. The Bertz CT molecular complexity index is 1340. The summed E-state index contributed by atoms with van der Waals surface area (Å²) in [5, 5.41) is 7.12. The number of anilines is 4. The van der Waals surface area contributed by atoms with E-state index in [0.717, 1.165) is 25.8 Å². The summed E-state index contributed by atoms with van der Waals surface area (Å²) < 4.78 is 36.5. The molecular formula is C24H27ClF2N6O2. The van der Waals surface area contributed by atoms with Crippen molar-refractivity contribution >= 4 is 45.6 Å². The van der Waals surface area contributed by atoms with Gasteiger partial charge in [0.2, 0.25) is 11.7 Å². The van der Waals surface area contributed by atoms with Crippen LogP contribution in [0.2, 0.25) is 5.02 Å². The van der Waals surface area contributed by atoms with Gasteiger partial charge in [-0.3, -0.25) is 4.79 Å². The minimum atomic E-state index is -3.09. The summed E-state index contributed by atoms with van der Waals surface area (Å²) in [6.07, 6.45) is 3.92. The van der Waals surface area contributed by atoms with Gasteiger partial charge >= 0.3 is 5.92 Å². The Kier molecular flexibility index (Phi) is 5.94. The van der Waals surface area contributed by atoms with Crippen LogP contribution in [0.3, 0.4) is 0 Å². The normalized spacial score (nSPS) is 18.9. The van der Waals surface area contributed by atoms with Gasteiger partial charge in [0.15, 0.2) is 12.4 Å². The zero-order valence-electron chi connectivity index (χ0n) is 19.7. The molecule has 0 saturated heterocycles. The van der Waals surface area contributed by atoms with Gasteiger partial charge in [0.05, 0.1) is 23.4 Å². The molecule has 35 heavy (non-hydrogen) atoms. The van der Waals surface area contributed by atoms with Crippen molar-refractivity contribution in [2.24, 2.45) is 13.0 Å². The third-order valence-electron chi connectivity index (χ3n) is 6.50. The highest BCUT2D eigenvalue weighted by atomic mass is 35.5. The maximum Gasteiger partial charge on any atom is 0.301 e. The Labute approximate surface area is 206 Å². The van der Waals surface area contributed by atoms with Gasteiger partial charge in [-0.25, -0.2) is 13.8 Å². The molecule has 3 heterocycles. The van der Waals surface area contributed by atoms with Crippen molar-refractivity contribution in [2.45, 2.75) is 38.2 Å². The summed E-state index contributed by atoms with van der Waals surface area (Å²) in [6, 6.07) is 4.23. The van der Waals surface area contributed by atoms with Crippen LogP contribution in [-0.4, -0.2) is 46.7 Å². The highest BCUT2D eigenvalue weighted by molar-refractivity contribution is 6.32. The number of pyridine rings is 1. The van der Waals surface area contributed by atoms with Gasteiger partial charge < -0.3 is 24.8 Å². The molecule has 0 amide bonds. The van der Waals surface area contributed by atoms with E-state index >= 15 is 0 Å². The molecular weight excluding hydrogens is 478 g/mol. The summed E-state index contributed by atoms with van der Waals surface area (Å²) in [4.78, 5) is 23.7. The van der Waals surface area contributed by atoms with Gasteiger partial charge in [-0.1, -0.05) is 18.5 Å². The molecule has 1 atom stereocenters. The van der Waals surface area contributed by atoms with E-state index in [1.54, 1.807) is 25.2 Å². The number of benzene rings is 1. The Balaban J connectivity index is 1.58. The van der Waals surface area contributed by atoms with Gasteiger partial charge in [-0.15, -0.1) is 0 Å². The third-order valence-corrected chi connectivity index (χ3v) is 6.78. The summed E-state index contributed by atoms with van der Waals surface area (Å²) in [6.45, 7) is 2.02. The first-order valence-corrected chi connectivity index (χ1v) is 12.0. The quantitative estimate of drug-likeness (QED) is 0.499. The van der Waals surface area contributed by atoms with Crippen LogP contribution in [0.15, 0.2) is 29.2 Å². The largest absolute Gasteiger partial charge is 0.480 e. The molecule has 5 rings (SSSR count). The van der Waals surface area contributed by atoms with Gasteiger partial charge in [0, 0.05) is 31.7 Å². The molecule has 2 aliphatic rings. The molecule has 1 saturated carbocycles. The van der Waals surface area contributed by atoms with E-state index in [-0.39, 0.29) is 17.4 Å². The van der Waals surface area contributed by atoms with Crippen LogP contribution in [0.4, 0.5) is 31.9 Å². The molecule has 3 aromatic rings. The summed E-state index contributed by atoms with van der Waals surface area (Å²) in [7, 11) is 3.50. The van der Waals surface area contributed by atoms with Crippen molar-refractivity contribution in [3.8, 4) is 5.75 Å². The van der Waals surface area contributed by atoms with E-state index < -0.39 is 24.1 Å². The van der Waals surface area contributed by atoms with Crippen molar-refractivity contribution < 1.29 is 13.5 Å². The zero-order valence-corrected chi connectivity index (χ0v) is 20.5. The molecule has 8 nitrogen and oxygen atoms in total. The Morgan fingerprint density at radius 2 is 2.14 bits per heavy atom. The second kappa shape index (κ2) is 8.82. The summed E-state index contributed by atoms with van der Waals surface area (Å²) >= 11 is 6.35. The van der Waals surface area contributed by atoms with Crippen LogP contribution in [0.1, 0.15) is 26.2 Å². The van der Waals surface area contributed by atoms with E-state index in [0.29, 0.717) is 33.4 Å². The fourth-order valence-corrected chi connectivity index (χ4v) is 4.63. The van der Waals surface area contributed by atoms with E-state index in [1.165, 1.54) is 10.8 Å². The molecule has 0 unspecified atom stereocenters. The van der Waals surface area contributed by atoms with Crippen molar-refractivity contribution in [3.05, 3.63) is 39.8 Å². The van der Waals surface area contributed by atoms with E-state index in [9.17, 15) is 13.6 Å². The standard InChI is InChI=1S/C24H27ClF2N6O2/c1-4-9-32(2)23-28-11-16(25)21(31-23)29-14-7-8-17-15(10-14)18-19(22(34)33(17)3)35-12-24(26,27)20(30-18)13-5-6-13/h7-8,10-11,13,20,30H,4-6,9,12H2,1-3H3,(H,28,29,31)/t20-/m0/s1. The first-order chi connectivity index (χ1) is 16.7. The topological polar surface area (TPSA) is 84.3 Å². The first kappa shape index (κ1) is 23.6. The number of aromatic nitrogens is 3. The SMILES string of the molecule is CCCN(C)c1ncc(Cl)c(Nc2ccc3c(c2)c2c(c(=O)n3C)OCC(F)(F)[C@H](C3CC3)N2)n1. The monoisotopic (exact) mass is 504 g/mol. The fraction of sp³-hybridized carbons (Fsp3) is 0.458. The maximum atomic E-state index is 14.8. The number of aryl methyl sites for hydroxylation is 1. The lowest BCUT2D eigenvalue weighted by molar-refractivity contribution is -0.0579. The minimum Gasteiger partial charge on any atom is -0.480 e. The zero-order chi connectivity index (χ0) is 24.9. The molecule has 0 spiro atoms. The third kappa shape index (κ3) is 4.35. The molecule has 1 aliphatic heterocycles. The lowest BCUT2D eigenvalue weighted by Crippen LogP contribution is -2.44. The van der Waals surface area contributed by atoms with E-state index in [2.05, 4.69) is 27.5 Å².